The van der Waals surface area contributed by atoms with E-state index in [0.717, 1.165) is 36.6 Å². The minimum absolute atomic E-state index is 0.0304. The fourth-order valence-electron chi connectivity index (χ4n) is 5.10. The maximum absolute atomic E-state index is 13.8. The van der Waals surface area contributed by atoms with E-state index in [1.165, 1.54) is 41.3 Å². The highest BCUT2D eigenvalue weighted by Crippen LogP contribution is 2.33. The first-order valence-electron chi connectivity index (χ1n) is 12.6. The Balaban J connectivity index is 1.67. The molecule has 2 fully saturated rings. The molecule has 0 aromatic heterocycles. The van der Waals surface area contributed by atoms with E-state index < -0.39 is 40.3 Å². The fourth-order valence-corrected chi connectivity index (χ4v) is 5.28. The molecule has 38 heavy (non-hydrogen) atoms. The van der Waals surface area contributed by atoms with Gasteiger partial charge in [0, 0.05) is 17.7 Å². The molecule has 2 aromatic carbocycles. The first-order chi connectivity index (χ1) is 18.2. The molecule has 10 nitrogen and oxygen atoms in total. The lowest BCUT2D eigenvalue weighted by Gasteiger charge is -2.35. The zero-order valence-corrected chi connectivity index (χ0v) is 21.7. The molecule has 11 heteroatoms. The van der Waals surface area contributed by atoms with Crippen molar-refractivity contribution in [3.05, 3.63) is 68.7 Å². The van der Waals surface area contributed by atoms with Crippen molar-refractivity contribution in [2.24, 2.45) is 0 Å². The number of benzene rings is 2. The number of carbonyl (C=O) groups is 4. The smallest absolute Gasteiger partial charge is 0.338 e. The molecule has 4 rings (SSSR count). The molecule has 1 saturated carbocycles. The van der Waals surface area contributed by atoms with Crippen LogP contribution in [0.3, 0.4) is 0 Å². The van der Waals surface area contributed by atoms with Gasteiger partial charge in [-0.25, -0.2) is 9.69 Å². The Morgan fingerprint density at radius 2 is 1.68 bits per heavy atom. The Kier molecular flexibility index (Phi) is 8.41. The number of rotatable bonds is 7. The number of ether oxygens (including phenoxy) is 1. The summed E-state index contributed by atoms with van der Waals surface area (Å²) >= 11 is 5.95. The minimum Gasteiger partial charge on any atom is -0.462 e. The van der Waals surface area contributed by atoms with Gasteiger partial charge in [0.15, 0.2) is 0 Å². The van der Waals surface area contributed by atoms with Crippen LogP contribution in [-0.2, 0) is 14.3 Å². The summed E-state index contributed by atoms with van der Waals surface area (Å²) in [7, 11) is 0. The summed E-state index contributed by atoms with van der Waals surface area (Å²) in [6, 6.07) is 8.37. The number of nitro benzene ring substituents is 1. The minimum atomic E-state index is -1.06. The summed E-state index contributed by atoms with van der Waals surface area (Å²) in [6.07, 6.45) is 4.84. The van der Waals surface area contributed by atoms with Gasteiger partial charge in [-0.15, -0.1) is 0 Å². The quantitative estimate of drug-likeness (QED) is 0.160. The van der Waals surface area contributed by atoms with Crippen LogP contribution in [0.4, 0.5) is 11.4 Å². The van der Waals surface area contributed by atoms with Gasteiger partial charge in [0.2, 0.25) is 5.91 Å². The van der Waals surface area contributed by atoms with E-state index >= 15 is 0 Å². The van der Waals surface area contributed by atoms with Gasteiger partial charge in [0.1, 0.15) is 11.1 Å². The van der Waals surface area contributed by atoms with Gasteiger partial charge in [-0.05, 0) is 56.2 Å². The Bertz CT molecular complexity index is 1260. The Labute approximate surface area is 224 Å². The Hall–Kier alpha value is -3.79. The molecule has 2 aromatic rings. The van der Waals surface area contributed by atoms with E-state index in [0.29, 0.717) is 12.8 Å². The van der Waals surface area contributed by atoms with Gasteiger partial charge in [-0.3, -0.25) is 24.5 Å². The van der Waals surface area contributed by atoms with Gasteiger partial charge in [0.05, 0.1) is 29.2 Å². The lowest BCUT2D eigenvalue weighted by molar-refractivity contribution is -0.384. The van der Waals surface area contributed by atoms with Crippen molar-refractivity contribution in [3.63, 3.8) is 0 Å². The van der Waals surface area contributed by atoms with Crippen molar-refractivity contribution in [1.29, 1.82) is 0 Å². The molecule has 0 N–H and O–H groups in total. The summed E-state index contributed by atoms with van der Waals surface area (Å²) in [5, 5.41) is 11.3. The molecule has 3 amide bonds. The first-order valence-corrected chi connectivity index (χ1v) is 13.0. The highest BCUT2D eigenvalue weighted by molar-refractivity contribution is 6.32. The van der Waals surface area contributed by atoms with Crippen molar-refractivity contribution in [2.75, 3.05) is 11.5 Å². The molecule has 2 aliphatic rings. The summed E-state index contributed by atoms with van der Waals surface area (Å²) in [5.74, 6) is -2.10. The van der Waals surface area contributed by atoms with Crippen molar-refractivity contribution >= 4 is 46.7 Å². The molecular formula is C27H28ClN3O7. The average Bonchev–Trinajstić information content (AvgIpc) is 3.05. The maximum atomic E-state index is 13.8. The maximum Gasteiger partial charge on any atom is 0.338 e. The van der Waals surface area contributed by atoms with Crippen molar-refractivity contribution in [2.45, 2.75) is 64.0 Å². The predicted molar refractivity (Wildman–Crippen MR) is 139 cm³/mol. The average molecular weight is 542 g/mol. The van der Waals surface area contributed by atoms with Crippen molar-refractivity contribution < 1.29 is 28.8 Å². The van der Waals surface area contributed by atoms with E-state index in [2.05, 4.69) is 0 Å². The largest absolute Gasteiger partial charge is 0.462 e. The molecule has 200 valence electrons. The molecule has 0 radical (unpaired) electrons. The SMILES string of the molecule is CCOC(=O)c1ccc(N2C(=O)CC(N(C(=O)c3ccc(Cl)c([N+](=O)[O-])c3)C3CCCCCC3)C2=O)cc1. The molecule has 1 aliphatic carbocycles. The van der Waals surface area contributed by atoms with E-state index in [1.54, 1.807) is 6.92 Å². The van der Waals surface area contributed by atoms with Crippen LogP contribution in [0.15, 0.2) is 42.5 Å². The van der Waals surface area contributed by atoms with Crippen LogP contribution in [0.1, 0.15) is 72.6 Å². The van der Waals surface area contributed by atoms with Crippen LogP contribution < -0.4 is 4.90 Å². The van der Waals surface area contributed by atoms with E-state index in [9.17, 15) is 29.3 Å². The normalized spacial score (nSPS) is 18.3. The first kappa shape index (κ1) is 27.3. The highest BCUT2D eigenvalue weighted by atomic mass is 35.5. The molecular weight excluding hydrogens is 514 g/mol. The van der Waals surface area contributed by atoms with Crippen molar-refractivity contribution in [3.8, 4) is 0 Å². The Morgan fingerprint density at radius 1 is 1.05 bits per heavy atom. The molecule has 0 spiro atoms. The van der Waals surface area contributed by atoms with Gasteiger partial charge >= 0.3 is 5.97 Å². The summed E-state index contributed by atoms with van der Waals surface area (Å²) < 4.78 is 4.98. The number of amides is 3. The van der Waals surface area contributed by atoms with E-state index in [-0.39, 0.29) is 40.9 Å². The topological polar surface area (TPSA) is 127 Å². The van der Waals surface area contributed by atoms with E-state index in [1.807, 2.05) is 0 Å². The molecule has 1 saturated heterocycles. The third-order valence-electron chi connectivity index (χ3n) is 6.94. The Morgan fingerprint density at radius 3 is 2.29 bits per heavy atom. The summed E-state index contributed by atoms with van der Waals surface area (Å²) in [4.78, 5) is 65.8. The van der Waals surface area contributed by atoms with Gasteiger partial charge in [0.25, 0.3) is 17.5 Å². The number of nitrogens with zero attached hydrogens (tertiary/aromatic N) is 3. The number of halogens is 1. The standard InChI is InChI=1S/C27H28ClN3O7/c1-2-38-27(35)17-9-12-20(13-10-17)30-24(32)16-23(26(30)34)29(19-7-5-3-4-6-8-19)25(33)18-11-14-21(28)22(15-18)31(36)37/h9-15,19,23H,2-8,16H2,1H3. The second-order valence-corrected chi connectivity index (χ2v) is 9.74. The summed E-state index contributed by atoms with van der Waals surface area (Å²) in [5.41, 5.74) is 0.190. The number of hydrogen-bond acceptors (Lipinski definition) is 7. The third kappa shape index (κ3) is 5.55. The lowest BCUT2D eigenvalue weighted by Crippen LogP contribution is -2.50. The number of anilines is 1. The second kappa shape index (κ2) is 11.7. The fraction of sp³-hybridized carbons (Fsp3) is 0.407. The molecule has 1 heterocycles. The zero-order valence-electron chi connectivity index (χ0n) is 20.9. The van der Waals surface area contributed by atoms with Crippen LogP contribution in [0.2, 0.25) is 5.02 Å². The van der Waals surface area contributed by atoms with Crippen LogP contribution in [0.25, 0.3) is 0 Å². The summed E-state index contributed by atoms with van der Waals surface area (Å²) in [6.45, 7) is 1.91. The zero-order chi connectivity index (χ0) is 27.4. The van der Waals surface area contributed by atoms with Gasteiger partial charge < -0.3 is 9.64 Å². The van der Waals surface area contributed by atoms with Crippen LogP contribution in [0, 0.1) is 10.1 Å². The van der Waals surface area contributed by atoms with Crippen LogP contribution >= 0.6 is 11.6 Å². The number of hydrogen-bond donors (Lipinski definition) is 0. The number of nitro groups is 1. The third-order valence-corrected chi connectivity index (χ3v) is 7.26. The number of esters is 1. The molecule has 1 aliphatic heterocycles. The van der Waals surface area contributed by atoms with Gasteiger partial charge in [-0.1, -0.05) is 37.3 Å². The monoisotopic (exact) mass is 541 g/mol. The van der Waals surface area contributed by atoms with Gasteiger partial charge in [-0.2, -0.15) is 0 Å². The lowest BCUT2D eigenvalue weighted by atomic mass is 10.0. The van der Waals surface area contributed by atoms with Crippen LogP contribution in [-0.4, -0.2) is 52.2 Å². The number of imide groups is 1. The van der Waals surface area contributed by atoms with E-state index in [4.69, 9.17) is 16.3 Å². The highest BCUT2D eigenvalue weighted by Gasteiger charge is 2.46. The number of carbonyl (C=O) groups excluding carboxylic acids is 4. The van der Waals surface area contributed by atoms with Crippen molar-refractivity contribution in [1.82, 2.24) is 4.90 Å². The van der Waals surface area contributed by atoms with Crippen LogP contribution in [0.5, 0.6) is 0 Å². The molecule has 0 bridgehead atoms. The predicted octanol–water partition coefficient (Wildman–Crippen LogP) is 4.92. The molecule has 1 unspecified atom stereocenters. The molecule has 1 atom stereocenters. The second-order valence-electron chi connectivity index (χ2n) is 9.34.